The van der Waals surface area contributed by atoms with Gasteiger partial charge in [0.2, 0.25) is 0 Å². The summed E-state index contributed by atoms with van der Waals surface area (Å²) < 4.78 is 5.25. The molecule has 2 unspecified atom stereocenters. The number of hydrogen-bond acceptors (Lipinski definition) is 4. The van der Waals surface area contributed by atoms with Gasteiger partial charge in [-0.1, -0.05) is 0 Å². The van der Waals surface area contributed by atoms with Crippen molar-refractivity contribution >= 4 is 5.91 Å². The Morgan fingerprint density at radius 3 is 2.82 bits per heavy atom. The van der Waals surface area contributed by atoms with Crippen LogP contribution in [0.5, 0.6) is 0 Å². The third-order valence-electron chi connectivity index (χ3n) is 1.81. The van der Waals surface area contributed by atoms with E-state index >= 15 is 0 Å². The van der Waals surface area contributed by atoms with E-state index in [-0.39, 0.29) is 12.0 Å². The van der Waals surface area contributed by atoms with E-state index in [1.807, 2.05) is 5.43 Å². The van der Waals surface area contributed by atoms with Crippen molar-refractivity contribution < 1.29 is 9.53 Å². The predicted octanol–water partition coefficient (Wildman–Crippen LogP) is -1.52. The largest absolute Gasteiger partial charge is 0.364 e. The summed E-state index contributed by atoms with van der Waals surface area (Å²) in [7, 11) is 0. The maximum Gasteiger partial charge on any atom is 0.263 e. The van der Waals surface area contributed by atoms with E-state index < -0.39 is 6.10 Å². The zero-order chi connectivity index (χ0) is 8.27. The van der Waals surface area contributed by atoms with Crippen molar-refractivity contribution in [2.75, 3.05) is 6.54 Å². The maximum atomic E-state index is 10.9. The van der Waals surface area contributed by atoms with E-state index in [2.05, 4.69) is 0 Å². The minimum Gasteiger partial charge on any atom is -0.364 e. The molecular formula is C6H13N3O2. The predicted molar refractivity (Wildman–Crippen MR) is 39.3 cm³/mol. The summed E-state index contributed by atoms with van der Waals surface area (Å²) in [6, 6.07) is 0. The lowest BCUT2D eigenvalue weighted by molar-refractivity contribution is -0.131. The number of carbonyl (C=O) groups excluding carboxylic acids is 1. The van der Waals surface area contributed by atoms with Crippen molar-refractivity contribution in [2.45, 2.75) is 25.0 Å². The second kappa shape index (κ2) is 3.66. The molecule has 1 aliphatic heterocycles. The second-order valence-electron chi connectivity index (χ2n) is 2.57. The summed E-state index contributed by atoms with van der Waals surface area (Å²) in [5, 5.41) is 0. The summed E-state index contributed by atoms with van der Waals surface area (Å²) in [6.07, 6.45) is 1.19. The number of carbonyl (C=O) groups is 1. The van der Waals surface area contributed by atoms with Crippen molar-refractivity contribution in [1.82, 2.24) is 5.43 Å². The first-order valence-corrected chi connectivity index (χ1v) is 3.64. The van der Waals surface area contributed by atoms with E-state index in [1.165, 1.54) is 0 Å². The Labute approximate surface area is 65.0 Å². The molecule has 64 valence electrons. The first-order chi connectivity index (χ1) is 5.27. The average Bonchev–Trinajstić information content (AvgIpc) is 2.50. The molecule has 0 radical (unpaired) electrons. The highest BCUT2D eigenvalue weighted by molar-refractivity contribution is 5.80. The van der Waals surface area contributed by atoms with Gasteiger partial charge in [0.15, 0.2) is 0 Å². The Hall–Kier alpha value is -0.650. The fraction of sp³-hybridized carbons (Fsp3) is 0.833. The number of ether oxygens (including phenoxy) is 1. The van der Waals surface area contributed by atoms with Crippen LogP contribution in [0.1, 0.15) is 12.8 Å². The van der Waals surface area contributed by atoms with Crippen LogP contribution in [0.4, 0.5) is 0 Å². The highest BCUT2D eigenvalue weighted by Crippen LogP contribution is 2.18. The third-order valence-corrected chi connectivity index (χ3v) is 1.81. The van der Waals surface area contributed by atoms with Gasteiger partial charge >= 0.3 is 0 Å². The van der Waals surface area contributed by atoms with Crippen LogP contribution >= 0.6 is 0 Å². The summed E-state index contributed by atoms with van der Waals surface area (Å²) in [5.74, 6) is 4.66. The van der Waals surface area contributed by atoms with Gasteiger partial charge in [0.1, 0.15) is 6.10 Å². The van der Waals surface area contributed by atoms with Crippen LogP contribution in [-0.4, -0.2) is 24.7 Å². The van der Waals surface area contributed by atoms with Crippen LogP contribution in [0, 0.1) is 0 Å². The number of hydrogen-bond donors (Lipinski definition) is 3. The van der Waals surface area contributed by atoms with Crippen LogP contribution in [0.25, 0.3) is 0 Å². The SMILES string of the molecule is NCC1CCC(C(=O)NN)O1. The first kappa shape index (κ1) is 8.45. The summed E-state index contributed by atoms with van der Waals surface area (Å²) in [5.41, 5.74) is 7.40. The Bertz CT molecular complexity index is 151. The molecule has 1 saturated heterocycles. The van der Waals surface area contributed by atoms with E-state index in [9.17, 15) is 4.79 Å². The van der Waals surface area contributed by atoms with E-state index in [0.29, 0.717) is 13.0 Å². The average molecular weight is 159 g/mol. The van der Waals surface area contributed by atoms with Crippen molar-refractivity contribution in [2.24, 2.45) is 11.6 Å². The second-order valence-corrected chi connectivity index (χ2v) is 2.57. The highest BCUT2D eigenvalue weighted by Gasteiger charge is 2.28. The summed E-state index contributed by atoms with van der Waals surface area (Å²) >= 11 is 0. The van der Waals surface area contributed by atoms with Gasteiger partial charge in [0.05, 0.1) is 6.10 Å². The Balaban J connectivity index is 2.35. The lowest BCUT2D eigenvalue weighted by atomic mass is 10.2. The summed E-state index contributed by atoms with van der Waals surface area (Å²) in [6.45, 7) is 0.467. The smallest absolute Gasteiger partial charge is 0.263 e. The normalized spacial score (nSPS) is 30.4. The first-order valence-electron chi connectivity index (χ1n) is 3.64. The van der Waals surface area contributed by atoms with E-state index in [4.69, 9.17) is 16.3 Å². The molecule has 5 nitrogen and oxygen atoms in total. The molecule has 0 aliphatic carbocycles. The monoisotopic (exact) mass is 159 g/mol. The molecule has 1 rings (SSSR count). The van der Waals surface area contributed by atoms with Crippen molar-refractivity contribution in [1.29, 1.82) is 0 Å². The van der Waals surface area contributed by atoms with Crippen LogP contribution in [0.15, 0.2) is 0 Å². The molecule has 1 amide bonds. The van der Waals surface area contributed by atoms with Crippen LogP contribution in [-0.2, 0) is 9.53 Å². The Morgan fingerprint density at radius 2 is 2.36 bits per heavy atom. The van der Waals surface area contributed by atoms with Gasteiger partial charge in [-0.2, -0.15) is 0 Å². The van der Waals surface area contributed by atoms with Gasteiger partial charge in [-0.05, 0) is 12.8 Å². The lowest BCUT2D eigenvalue weighted by Gasteiger charge is -2.09. The lowest BCUT2D eigenvalue weighted by Crippen LogP contribution is -2.39. The molecule has 0 aromatic rings. The molecule has 0 aromatic heterocycles. The van der Waals surface area contributed by atoms with E-state index in [0.717, 1.165) is 6.42 Å². The van der Waals surface area contributed by atoms with Crippen LogP contribution in [0.2, 0.25) is 0 Å². The number of nitrogens with two attached hydrogens (primary N) is 2. The van der Waals surface area contributed by atoms with Gasteiger partial charge in [0.25, 0.3) is 5.91 Å². The fourth-order valence-corrected chi connectivity index (χ4v) is 1.16. The molecule has 5 heteroatoms. The molecule has 1 aliphatic rings. The molecule has 0 bridgehead atoms. The highest BCUT2D eigenvalue weighted by atomic mass is 16.5. The summed E-state index contributed by atoms with van der Waals surface area (Å²) in [4.78, 5) is 10.9. The zero-order valence-electron chi connectivity index (χ0n) is 6.25. The van der Waals surface area contributed by atoms with Crippen molar-refractivity contribution in [3.8, 4) is 0 Å². The van der Waals surface area contributed by atoms with Crippen LogP contribution < -0.4 is 17.0 Å². The van der Waals surface area contributed by atoms with Crippen molar-refractivity contribution in [3.63, 3.8) is 0 Å². The quantitative estimate of drug-likeness (QED) is 0.259. The van der Waals surface area contributed by atoms with Crippen molar-refractivity contribution in [3.05, 3.63) is 0 Å². The zero-order valence-corrected chi connectivity index (χ0v) is 6.25. The minimum absolute atomic E-state index is 0.0253. The van der Waals surface area contributed by atoms with E-state index in [1.54, 1.807) is 0 Å². The minimum atomic E-state index is -0.395. The molecule has 0 spiro atoms. The Morgan fingerprint density at radius 1 is 1.64 bits per heavy atom. The van der Waals surface area contributed by atoms with Gasteiger partial charge in [-0.15, -0.1) is 0 Å². The van der Waals surface area contributed by atoms with Gasteiger partial charge in [-0.25, -0.2) is 5.84 Å². The molecule has 1 fully saturated rings. The van der Waals surface area contributed by atoms with Gasteiger partial charge < -0.3 is 10.5 Å². The third kappa shape index (κ3) is 1.89. The molecule has 11 heavy (non-hydrogen) atoms. The standard InChI is InChI=1S/C6H13N3O2/c7-3-4-1-2-5(11-4)6(10)9-8/h4-5H,1-3,7-8H2,(H,9,10). The topological polar surface area (TPSA) is 90.4 Å². The number of rotatable bonds is 2. The Kier molecular flexibility index (Phi) is 2.81. The van der Waals surface area contributed by atoms with Gasteiger partial charge in [-0.3, -0.25) is 10.2 Å². The number of amides is 1. The van der Waals surface area contributed by atoms with Gasteiger partial charge in [0, 0.05) is 6.54 Å². The molecule has 2 atom stereocenters. The fourth-order valence-electron chi connectivity index (χ4n) is 1.16. The molecule has 5 N–H and O–H groups in total. The number of hydrazine groups is 1. The maximum absolute atomic E-state index is 10.9. The molecule has 1 heterocycles. The molecule has 0 saturated carbocycles. The van der Waals surface area contributed by atoms with Crippen LogP contribution in [0.3, 0.4) is 0 Å². The number of nitrogens with one attached hydrogen (secondary N) is 1. The molecule has 0 aromatic carbocycles. The molecular weight excluding hydrogens is 146 g/mol.